The Kier molecular flexibility index (Phi) is 5.28. The monoisotopic (exact) mass is 389 g/mol. The number of thioether (sulfide) groups is 2. The Morgan fingerprint density at radius 3 is 2.40 bits per heavy atom. The first-order chi connectivity index (χ1) is 12.2. The molecule has 0 amide bonds. The Bertz CT molecular complexity index is 741. The van der Waals surface area contributed by atoms with Gasteiger partial charge < -0.3 is 0 Å². The Morgan fingerprint density at radius 2 is 1.72 bits per heavy atom. The zero-order valence-corrected chi connectivity index (χ0v) is 16.8. The molecule has 2 aromatic carbocycles. The van der Waals surface area contributed by atoms with Gasteiger partial charge in [-0.05, 0) is 49.0 Å². The maximum atomic E-state index is 13.4. The summed E-state index contributed by atoms with van der Waals surface area (Å²) < 4.78 is 15.8. The predicted octanol–water partition coefficient (Wildman–Crippen LogP) is 5.03. The maximum Gasteiger partial charge on any atom is 0.128 e. The van der Waals surface area contributed by atoms with Crippen LogP contribution in [0.4, 0.5) is 0 Å². The lowest BCUT2D eigenvalue weighted by Crippen LogP contribution is -2.35. The van der Waals surface area contributed by atoms with Crippen LogP contribution >= 0.6 is 23.5 Å². The Hall–Kier alpha value is -0.750. The molecule has 2 saturated heterocycles. The van der Waals surface area contributed by atoms with Crippen molar-refractivity contribution >= 4 is 34.5 Å². The van der Waals surface area contributed by atoms with Gasteiger partial charge in [-0.3, -0.25) is 0 Å². The van der Waals surface area contributed by atoms with E-state index in [-0.39, 0.29) is 10.1 Å². The van der Waals surface area contributed by atoms with Gasteiger partial charge in [0.15, 0.2) is 0 Å². The minimum Gasteiger partial charge on any atom is -0.237 e. The van der Waals surface area contributed by atoms with Crippen LogP contribution in [-0.2, 0) is 11.0 Å². The van der Waals surface area contributed by atoms with E-state index < -0.39 is 11.0 Å². The molecule has 2 nitrogen and oxygen atoms in total. The van der Waals surface area contributed by atoms with E-state index in [4.69, 9.17) is 0 Å². The van der Waals surface area contributed by atoms with Crippen LogP contribution < -0.4 is 0 Å². The molecule has 0 N–H and O–H groups in total. The first kappa shape index (κ1) is 17.7. The number of hydrogen-bond donors (Lipinski definition) is 0. The number of aryl methyl sites for hydroxylation is 1. The van der Waals surface area contributed by atoms with Crippen LogP contribution in [0.25, 0.3) is 0 Å². The largest absolute Gasteiger partial charge is 0.237 e. The van der Waals surface area contributed by atoms with Crippen molar-refractivity contribution < 1.29 is 4.21 Å². The molecule has 0 saturated carbocycles. The van der Waals surface area contributed by atoms with Gasteiger partial charge in [0.05, 0.1) is 15.0 Å². The van der Waals surface area contributed by atoms with Gasteiger partial charge in [0.1, 0.15) is 11.0 Å². The molecule has 25 heavy (non-hydrogen) atoms. The third-order valence-corrected chi connectivity index (χ3v) is 9.94. The summed E-state index contributed by atoms with van der Waals surface area (Å²) in [5.74, 6) is 2.42. The van der Waals surface area contributed by atoms with Crippen LogP contribution in [0.5, 0.6) is 0 Å². The first-order valence-electron chi connectivity index (χ1n) is 8.78. The van der Waals surface area contributed by atoms with Crippen LogP contribution in [0.3, 0.4) is 0 Å². The second-order valence-corrected chi connectivity index (χ2v) is 11.2. The molecule has 1 unspecified atom stereocenters. The molecule has 5 heteroatoms. The fourth-order valence-corrected chi connectivity index (χ4v) is 8.79. The van der Waals surface area contributed by atoms with Crippen LogP contribution in [0.2, 0.25) is 0 Å². The minimum absolute atomic E-state index is 0.139. The summed E-state index contributed by atoms with van der Waals surface area (Å²) in [6.07, 6.45) is 2.37. The van der Waals surface area contributed by atoms with Gasteiger partial charge in [-0.25, -0.2) is 8.51 Å². The molecule has 2 aliphatic rings. The zero-order valence-electron chi connectivity index (χ0n) is 14.4. The smallest absolute Gasteiger partial charge is 0.128 e. The van der Waals surface area contributed by atoms with E-state index in [0.29, 0.717) is 0 Å². The Labute approximate surface area is 161 Å². The fourth-order valence-electron chi connectivity index (χ4n) is 3.67. The van der Waals surface area contributed by atoms with Crippen molar-refractivity contribution in [2.45, 2.75) is 34.8 Å². The van der Waals surface area contributed by atoms with E-state index in [9.17, 15) is 4.21 Å². The summed E-state index contributed by atoms with van der Waals surface area (Å²) in [4.78, 5) is 0.911. The van der Waals surface area contributed by atoms with E-state index in [0.717, 1.165) is 17.9 Å². The molecule has 4 rings (SSSR count). The van der Waals surface area contributed by atoms with Gasteiger partial charge in [0.2, 0.25) is 0 Å². The zero-order chi connectivity index (χ0) is 17.3. The highest BCUT2D eigenvalue weighted by Gasteiger charge is 2.51. The van der Waals surface area contributed by atoms with Gasteiger partial charge in [-0.2, -0.15) is 0 Å². The van der Waals surface area contributed by atoms with Crippen LogP contribution in [-0.4, -0.2) is 30.6 Å². The second kappa shape index (κ2) is 7.47. The number of nitrogens with zero attached hydrogens (tertiary/aromatic N) is 1. The predicted molar refractivity (Wildman–Crippen MR) is 110 cm³/mol. The molecular formula is C20H23NOS3. The summed E-state index contributed by atoms with van der Waals surface area (Å²) in [5.41, 5.74) is 2.50. The van der Waals surface area contributed by atoms with Gasteiger partial charge in [-0.15, -0.1) is 23.5 Å². The van der Waals surface area contributed by atoms with Crippen LogP contribution in [0.1, 0.15) is 30.0 Å². The third kappa shape index (κ3) is 3.44. The van der Waals surface area contributed by atoms with Crippen molar-refractivity contribution in [2.75, 3.05) is 18.1 Å². The standard InChI is InChI=1S/C20H23NOS3/c1-16-8-10-18(11-9-16)25(22)21-13-12-20(23-14-5-15-24-20)19(21)17-6-3-2-4-7-17/h2-4,6-11,19H,5,12-15H2,1H3/t19-,25?/m1/s1. The average molecular weight is 390 g/mol. The van der Waals surface area contributed by atoms with Crippen molar-refractivity contribution in [3.63, 3.8) is 0 Å². The SMILES string of the molecule is Cc1ccc(S(=O)N2CCC3(SCCCS3)[C@H]2c2ccccc2)cc1. The van der Waals surface area contributed by atoms with E-state index in [1.807, 2.05) is 12.1 Å². The van der Waals surface area contributed by atoms with Crippen molar-refractivity contribution in [3.8, 4) is 0 Å². The van der Waals surface area contributed by atoms with Crippen molar-refractivity contribution in [1.29, 1.82) is 0 Å². The van der Waals surface area contributed by atoms with Crippen LogP contribution in [0, 0.1) is 6.92 Å². The molecule has 2 aromatic rings. The van der Waals surface area contributed by atoms with Crippen molar-refractivity contribution in [2.24, 2.45) is 0 Å². The van der Waals surface area contributed by atoms with E-state index in [2.05, 4.69) is 77.2 Å². The van der Waals surface area contributed by atoms with Gasteiger partial charge in [0, 0.05) is 6.54 Å². The molecule has 2 atom stereocenters. The molecule has 0 bridgehead atoms. The summed E-state index contributed by atoms with van der Waals surface area (Å²) in [7, 11) is -1.12. The molecule has 2 heterocycles. The highest BCUT2D eigenvalue weighted by atomic mass is 32.2. The summed E-state index contributed by atoms with van der Waals surface area (Å²) in [6.45, 7) is 2.96. The van der Waals surface area contributed by atoms with Crippen molar-refractivity contribution in [1.82, 2.24) is 4.31 Å². The quantitative estimate of drug-likeness (QED) is 0.734. The van der Waals surface area contributed by atoms with E-state index in [1.165, 1.54) is 29.1 Å². The topological polar surface area (TPSA) is 20.3 Å². The fraction of sp³-hybridized carbons (Fsp3) is 0.400. The van der Waals surface area contributed by atoms with Crippen LogP contribution in [0.15, 0.2) is 59.5 Å². The minimum atomic E-state index is -1.12. The second-order valence-electron chi connectivity index (χ2n) is 6.63. The first-order valence-corrected chi connectivity index (χ1v) is 11.9. The Morgan fingerprint density at radius 1 is 1.04 bits per heavy atom. The lowest BCUT2D eigenvalue weighted by Gasteiger charge is -2.39. The summed E-state index contributed by atoms with van der Waals surface area (Å²) in [5, 5.41) is 0. The van der Waals surface area contributed by atoms with Crippen molar-refractivity contribution in [3.05, 3.63) is 65.7 Å². The molecule has 2 aliphatic heterocycles. The molecule has 0 radical (unpaired) electrons. The molecule has 0 aromatic heterocycles. The molecule has 0 aliphatic carbocycles. The van der Waals surface area contributed by atoms with Gasteiger partial charge in [0.25, 0.3) is 0 Å². The highest BCUT2D eigenvalue weighted by molar-refractivity contribution is 8.18. The lowest BCUT2D eigenvalue weighted by molar-refractivity contribution is 0.423. The average Bonchev–Trinajstić information content (AvgIpc) is 3.01. The summed E-state index contributed by atoms with van der Waals surface area (Å²) >= 11 is 4.16. The van der Waals surface area contributed by atoms with Gasteiger partial charge >= 0.3 is 0 Å². The number of rotatable bonds is 3. The number of hydrogen-bond acceptors (Lipinski definition) is 3. The number of benzene rings is 2. The Balaban J connectivity index is 1.71. The van der Waals surface area contributed by atoms with E-state index >= 15 is 0 Å². The van der Waals surface area contributed by atoms with Gasteiger partial charge in [-0.1, -0.05) is 48.0 Å². The molecule has 132 valence electrons. The molecular weight excluding hydrogens is 366 g/mol. The van der Waals surface area contributed by atoms with E-state index in [1.54, 1.807) is 0 Å². The lowest BCUT2D eigenvalue weighted by atomic mass is 10.0. The normalized spacial score (nSPS) is 24.4. The third-order valence-electron chi connectivity index (χ3n) is 4.92. The molecule has 2 fully saturated rings. The molecule has 1 spiro atoms. The highest BCUT2D eigenvalue weighted by Crippen LogP contribution is 2.58. The summed E-state index contributed by atoms with van der Waals surface area (Å²) in [6, 6.07) is 19.0. The maximum absolute atomic E-state index is 13.4.